The molecule has 6 heteroatoms. The quantitative estimate of drug-likeness (QED) is 0.729. The van der Waals surface area contributed by atoms with E-state index in [1.54, 1.807) is 12.4 Å². The Kier molecular flexibility index (Phi) is 4.41. The molecule has 1 aliphatic rings. The molecule has 4 rings (SSSR count). The molecule has 0 aliphatic carbocycles. The van der Waals surface area contributed by atoms with Crippen molar-refractivity contribution in [3.8, 4) is 0 Å². The highest BCUT2D eigenvalue weighted by Gasteiger charge is 2.25. The van der Waals surface area contributed by atoms with Gasteiger partial charge in [0.2, 0.25) is 0 Å². The Morgan fingerprint density at radius 1 is 1.12 bits per heavy atom. The molecule has 134 valence electrons. The van der Waals surface area contributed by atoms with Gasteiger partial charge in [0.05, 0.1) is 23.6 Å². The number of hydrogen-bond acceptors (Lipinski definition) is 4. The van der Waals surface area contributed by atoms with E-state index in [0.29, 0.717) is 11.6 Å². The van der Waals surface area contributed by atoms with Crippen molar-refractivity contribution < 1.29 is 4.79 Å². The van der Waals surface area contributed by atoms with Crippen LogP contribution in [0.15, 0.2) is 37.1 Å². The highest BCUT2D eigenvalue weighted by molar-refractivity contribution is 5.92. The third kappa shape index (κ3) is 3.19. The first kappa shape index (κ1) is 16.7. The van der Waals surface area contributed by atoms with Crippen LogP contribution < -0.4 is 0 Å². The molecule has 3 aromatic rings. The summed E-state index contributed by atoms with van der Waals surface area (Å²) in [4.78, 5) is 27.0. The fourth-order valence-corrected chi connectivity index (χ4v) is 3.63. The van der Waals surface area contributed by atoms with Gasteiger partial charge in [-0.05, 0) is 55.9 Å². The number of amides is 1. The number of carbonyl (C=O) groups is 1. The predicted octanol–water partition coefficient (Wildman–Crippen LogP) is 3.00. The first-order chi connectivity index (χ1) is 12.6. The van der Waals surface area contributed by atoms with Crippen LogP contribution in [0.2, 0.25) is 0 Å². The number of aryl methyl sites for hydroxylation is 2. The number of hydrogen-bond donors (Lipinski definition) is 0. The second kappa shape index (κ2) is 6.86. The summed E-state index contributed by atoms with van der Waals surface area (Å²) in [6.07, 6.45) is 8.62. The van der Waals surface area contributed by atoms with Gasteiger partial charge in [0, 0.05) is 32.0 Å². The topological polar surface area (TPSA) is 63.9 Å². The Labute approximate surface area is 152 Å². The van der Waals surface area contributed by atoms with Crippen LogP contribution in [0.25, 0.3) is 11.0 Å². The van der Waals surface area contributed by atoms with Gasteiger partial charge in [0.1, 0.15) is 5.69 Å². The summed E-state index contributed by atoms with van der Waals surface area (Å²) in [6, 6.07) is 4.38. The second-order valence-corrected chi connectivity index (χ2v) is 7.15. The summed E-state index contributed by atoms with van der Waals surface area (Å²) in [6.45, 7) is 6.75. The molecule has 0 radical (unpaired) electrons. The molecule has 1 aromatic carbocycles. The van der Waals surface area contributed by atoms with Gasteiger partial charge < -0.3 is 9.47 Å². The van der Waals surface area contributed by atoms with Crippen molar-refractivity contribution in [2.75, 3.05) is 13.1 Å². The summed E-state index contributed by atoms with van der Waals surface area (Å²) >= 11 is 0. The minimum Gasteiger partial charge on any atom is -0.337 e. The number of nitrogens with zero attached hydrogens (tertiary/aromatic N) is 5. The molecule has 0 unspecified atom stereocenters. The maximum atomic E-state index is 12.5. The van der Waals surface area contributed by atoms with Crippen LogP contribution in [0.1, 0.15) is 34.5 Å². The van der Waals surface area contributed by atoms with Crippen LogP contribution >= 0.6 is 0 Å². The van der Waals surface area contributed by atoms with Crippen LogP contribution in [0.4, 0.5) is 0 Å². The van der Waals surface area contributed by atoms with E-state index in [4.69, 9.17) is 0 Å². The fraction of sp³-hybridized carbons (Fsp3) is 0.400. The second-order valence-electron chi connectivity index (χ2n) is 7.15. The lowest BCUT2D eigenvalue weighted by Gasteiger charge is -2.32. The number of likely N-dealkylation sites (tertiary alicyclic amines) is 1. The third-order valence-electron chi connectivity index (χ3n) is 5.38. The van der Waals surface area contributed by atoms with Gasteiger partial charge in [-0.1, -0.05) is 0 Å². The van der Waals surface area contributed by atoms with Crippen molar-refractivity contribution in [3.63, 3.8) is 0 Å². The minimum absolute atomic E-state index is 0.0178. The molecule has 0 bridgehead atoms. The molecule has 2 aromatic heterocycles. The molecule has 0 saturated carbocycles. The highest BCUT2D eigenvalue weighted by Crippen LogP contribution is 2.24. The van der Waals surface area contributed by atoms with Crippen molar-refractivity contribution in [2.45, 2.75) is 33.2 Å². The zero-order chi connectivity index (χ0) is 18.1. The summed E-state index contributed by atoms with van der Waals surface area (Å²) in [5.41, 5.74) is 5.26. The number of aromatic nitrogens is 4. The van der Waals surface area contributed by atoms with Gasteiger partial charge in [0.15, 0.2) is 0 Å². The van der Waals surface area contributed by atoms with E-state index < -0.39 is 0 Å². The number of benzene rings is 1. The molecule has 26 heavy (non-hydrogen) atoms. The minimum atomic E-state index is -0.0178. The van der Waals surface area contributed by atoms with E-state index in [9.17, 15) is 4.79 Å². The van der Waals surface area contributed by atoms with Gasteiger partial charge in [-0.3, -0.25) is 9.78 Å². The van der Waals surface area contributed by atoms with E-state index in [0.717, 1.165) is 38.0 Å². The van der Waals surface area contributed by atoms with Crippen molar-refractivity contribution in [1.82, 2.24) is 24.4 Å². The zero-order valence-electron chi connectivity index (χ0n) is 15.2. The molecule has 1 aliphatic heterocycles. The average molecular weight is 349 g/mol. The lowest BCUT2D eigenvalue weighted by atomic mass is 9.96. The summed E-state index contributed by atoms with van der Waals surface area (Å²) < 4.78 is 2.26. The lowest BCUT2D eigenvalue weighted by Crippen LogP contribution is -2.39. The molecule has 3 heterocycles. The van der Waals surface area contributed by atoms with Crippen molar-refractivity contribution in [3.05, 3.63) is 53.9 Å². The Bertz CT molecular complexity index is 926. The molecule has 1 amide bonds. The van der Waals surface area contributed by atoms with E-state index in [1.807, 2.05) is 11.2 Å². The normalized spacial score (nSPS) is 15.5. The zero-order valence-corrected chi connectivity index (χ0v) is 15.2. The monoisotopic (exact) mass is 349 g/mol. The number of fused-ring (bicyclic) bond motifs is 1. The largest absolute Gasteiger partial charge is 0.337 e. The third-order valence-corrected chi connectivity index (χ3v) is 5.38. The number of carbonyl (C=O) groups excluding carboxylic acids is 1. The number of rotatable bonds is 3. The molecule has 6 nitrogen and oxygen atoms in total. The Hall–Kier alpha value is -2.76. The van der Waals surface area contributed by atoms with Gasteiger partial charge in [-0.2, -0.15) is 0 Å². The number of imidazole rings is 1. The summed E-state index contributed by atoms with van der Waals surface area (Å²) in [5, 5.41) is 0. The number of piperidine rings is 1. The molecule has 0 N–H and O–H groups in total. The molecule has 1 saturated heterocycles. The predicted molar refractivity (Wildman–Crippen MR) is 99.9 cm³/mol. The molecule has 1 fully saturated rings. The highest BCUT2D eigenvalue weighted by atomic mass is 16.2. The van der Waals surface area contributed by atoms with Crippen molar-refractivity contribution in [1.29, 1.82) is 0 Å². The molecule has 0 spiro atoms. The summed E-state index contributed by atoms with van der Waals surface area (Å²) in [5.74, 6) is 0.538. The average Bonchev–Trinajstić information content (AvgIpc) is 3.04. The van der Waals surface area contributed by atoms with Crippen LogP contribution in [-0.2, 0) is 6.54 Å². The summed E-state index contributed by atoms with van der Waals surface area (Å²) in [7, 11) is 0. The van der Waals surface area contributed by atoms with E-state index in [2.05, 4.69) is 45.5 Å². The van der Waals surface area contributed by atoms with E-state index in [1.165, 1.54) is 22.8 Å². The van der Waals surface area contributed by atoms with Crippen LogP contribution in [-0.4, -0.2) is 43.4 Å². The molecular formula is C20H23N5O. The first-order valence-electron chi connectivity index (χ1n) is 9.09. The van der Waals surface area contributed by atoms with Crippen LogP contribution in [0, 0.1) is 19.8 Å². The maximum Gasteiger partial charge on any atom is 0.274 e. The SMILES string of the molecule is Cc1cc2ncn(CC3CCN(C(=O)c4cnccn4)CC3)c2cc1C. The fourth-order valence-electron chi connectivity index (χ4n) is 3.63. The standard InChI is InChI=1S/C20H23N5O/c1-14-9-17-19(10-15(14)2)25(13-23-17)12-16-3-7-24(8-4-16)20(26)18-11-21-5-6-22-18/h5-6,9-11,13,16H,3-4,7-8,12H2,1-2H3. The van der Waals surface area contributed by atoms with E-state index >= 15 is 0 Å². The van der Waals surface area contributed by atoms with Crippen LogP contribution in [0.5, 0.6) is 0 Å². The van der Waals surface area contributed by atoms with Gasteiger partial charge in [-0.25, -0.2) is 9.97 Å². The van der Waals surface area contributed by atoms with E-state index in [-0.39, 0.29) is 5.91 Å². The lowest BCUT2D eigenvalue weighted by molar-refractivity contribution is 0.0677. The maximum absolute atomic E-state index is 12.5. The Balaban J connectivity index is 1.41. The van der Waals surface area contributed by atoms with Crippen molar-refractivity contribution in [2.24, 2.45) is 5.92 Å². The van der Waals surface area contributed by atoms with Gasteiger partial charge >= 0.3 is 0 Å². The first-order valence-corrected chi connectivity index (χ1v) is 9.09. The Morgan fingerprint density at radius 3 is 2.62 bits per heavy atom. The molecule has 0 atom stereocenters. The van der Waals surface area contributed by atoms with Gasteiger partial charge in [-0.15, -0.1) is 0 Å². The van der Waals surface area contributed by atoms with Crippen molar-refractivity contribution >= 4 is 16.9 Å². The van der Waals surface area contributed by atoms with Gasteiger partial charge in [0.25, 0.3) is 5.91 Å². The van der Waals surface area contributed by atoms with Crippen LogP contribution in [0.3, 0.4) is 0 Å². The molecular weight excluding hydrogens is 326 g/mol. The Morgan fingerprint density at radius 2 is 1.88 bits per heavy atom. The smallest absolute Gasteiger partial charge is 0.274 e.